The van der Waals surface area contributed by atoms with Crippen molar-refractivity contribution in [2.45, 2.75) is 6.10 Å². The second kappa shape index (κ2) is 6.19. The predicted octanol–water partition coefficient (Wildman–Crippen LogP) is 2.01. The number of aliphatic hydroxyl groups excluding tert-OH is 1. The largest absolute Gasteiger partial charge is 0.466 e. The molecule has 1 aromatic carbocycles. The fourth-order valence-electron chi connectivity index (χ4n) is 1.75. The van der Waals surface area contributed by atoms with E-state index in [0.717, 1.165) is 7.11 Å². The highest BCUT2D eigenvalue weighted by molar-refractivity contribution is 5.88. The lowest BCUT2D eigenvalue weighted by molar-refractivity contribution is -0.384. The number of methoxy groups -OCH3 is 1. The molecule has 0 saturated heterocycles. The van der Waals surface area contributed by atoms with Crippen LogP contribution in [-0.4, -0.2) is 28.3 Å². The average molecular weight is 304 g/mol. The maximum atomic E-state index is 11.3. The molecule has 0 fully saturated rings. The lowest BCUT2D eigenvalue weighted by Crippen LogP contribution is -2.11. The SMILES string of the molecule is C=C(C(=O)OC)C(O)c1cc(-c2cccc([N+](=O)[O-])c2)no1. The number of rotatable bonds is 5. The number of aromatic nitrogens is 1. The van der Waals surface area contributed by atoms with Crippen LogP contribution < -0.4 is 0 Å². The Labute approximate surface area is 124 Å². The molecule has 1 N–H and O–H groups in total. The maximum Gasteiger partial charge on any atom is 0.336 e. The van der Waals surface area contributed by atoms with E-state index in [1.165, 1.54) is 24.3 Å². The number of benzene rings is 1. The van der Waals surface area contributed by atoms with Crippen LogP contribution in [-0.2, 0) is 9.53 Å². The first-order valence-corrected chi connectivity index (χ1v) is 6.10. The molecule has 1 aromatic heterocycles. The molecule has 0 aliphatic heterocycles. The molecular weight excluding hydrogens is 292 g/mol. The van der Waals surface area contributed by atoms with Crippen LogP contribution in [0.3, 0.4) is 0 Å². The molecule has 8 heteroatoms. The third-order valence-electron chi connectivity index (χ3n) is 2.93. The summed E-state index contributed by atoms with van der Waals surface area (Å²) in [7, 11) is 1.16. The molecule has 1 heterocycles. The Morgan fingerprint density at radius 3 is 2.86 bits per heavy atom. The predicted molar refractivity (Wildman–Crippen MR) is 74.7 cm³/mol. The summed E-state index contributed by atoms with van der Waals surface area (Å²) in [5.41, 5.74) is 0.432. The summed E-state index contributed by atoms with van der Waals surface area (Å²) in [5, 5.41) is 24.4. The van der Waals surface area contributed by atoms with Crippen molar-refractivity contribution in [1.29, 1.82) is 0 Å². The minimum atomic E-state index is -1.41. The Hall–Kier alpha value is -3.00. The second-order valence-electron chi connectivity index (χ2n) is 4.34. The van der Waals surface area contributed by atoms with Gasteiger partial charge in [0.15, 0.2) is 5.76 Å². The van der Waals surface area contributed by atoms with Crippen molar-refractivity contribution in [2.24, 2.45) is 0 Å². The van der Waals surface area contributed by atoms with Crippen molar-refractivity contribution >= 4 is 11.7 Å². The molecule has 0 saturated carbocycles. The van der Waals surface area contributed by atoms with Gasteiger partial charge in [-0.05, 0) is 0 Å². The molecule has 1 unspecified atom stereocenters. The number of hydrogen-bond donors (Lipinski definition) is 1. The summed E-state index contributed by atoms with van der Waals surface area (Å²) in [4.78, 5) is 21.5. The normalized spacial score (nSPS) is 11.7. The zero-order valence-corrected chi connectivity index (χ0v) is 11.6. The van der Waals surface area contributed by atoms with Crippen LogP contribution in [0.2, 0.25) is 0 Å². The van der Waals surface area contributed by atoms with Gasteiger partial charge in [-0.3, -0.25) is 10.1 Å². The van der Waals surface area contributed by atoms with Gasteiger partial charge in [-0.2, -0.15) is 0 Å². The van der Waals surface area contributed by atoms with Crippen molar-refractivity contribution in [3.63, 3.8) is 0 Å². The van der Waals surface area contributed by atoms with Crippen LogP contribution in [0.15, 0.2) is 47.0 Å². The third-order valence-corrected chi connectivity index (χ3v) is 2.93. The topological polar surface area (TPSA) is 116 Å². The Morgan fingerprint density at radius 2 is 2.23 bits per heavy atom. The number of carbonyl (C=O) groups excluding carboxylic acids is 1. The van der Waals surface area contributed by atoms with E-state index in [9.17, 15) is 20.0 Å². The number of nitro benzene ring substituents is 1. The van der Waals surface area contributed by atoms with E-state index < -0.39 is 17.0 Å². The number of aliphatic hydroxyl groups is 1. The number of hydrogen-bond acceptors (Lipinski definition) is 7. The van der Waals surface area contributed by atoms with Gasteiger partial charge in [-0.1, -0.05) is 23.9 Å². The summed E-state index contributed by atoms with van der Waals surface area (Å²) < 4.78 is 9.41. The third kappa shape index (κ3) is 3.01. The number of non-ortho nitro benzene ring substituents is 1. The number of ether oxygens (including phenoxy) is 1. The van der Waals surface area contributed by atoms with E-state index in [1.54, 1.807) is 6.07 Å². The van der Waals surface area contributed by atoms with E-state index in [2.05, 4.69) is 16.5 Å². The Morgan fingerprint density at radius 1 is 1.50 bits per heavy atom. The quantitative estimate of drug-likeness (QED) is 0.388. The first kappa shape index (κ1) is 15.4. The van der Waals surface area contributed by atoms with Gasteiger partial charge in [0.05, 0.1) is 17.6 Å². The van der Waals surface area contributed by atoms with Crippen LogP contribution >= 0.6 is 0 Å². The molecule has 0 amide bonds. The van der Waals surface area contributed by atoms with Crippen LogP contribution in [0, 0.1) is 10.1 Å². The van der Waals surface area contributed by atoms with Crippen LogP contribution in [0.1, 0.15) is 11.9 Å². The van der Waals surface area contributed by atoms with Crippen LogP contribution in [0.5, 0.6) is 0 Å². The zero-order valence-electron chi connectivity index (χ0n) is 11.6. The zero-order chi connectivity index (χ0) is 16.3. The van der Waals surface area contributed by atoms with E-state index >= 15 is 0 Å². The van der Waals surface area contributed by atoms with Crippen LogP contribution in [0.25, 0.3) is 11.3 Å². The molecule has 0 aliphatic carbocycles. The fourth-order valence-corrected chi connectivity index (χ4v) is 1.75. The number of nitrogens with zero attached hydrogens (tertiary/aromatic N) is 2. The first-order valence-electron chi connectivity index (χ1n) is 6.10. The maximum absolute atomic E-state index is 11.3. The molecule has 8 nitrogen and oxygen atoms in total. The molecule has 114 valence electrons. The van der Waals surface area contributed by atoms with E-state index in [0.29, 0.717) is 5.56 Å². The molecule has 0 radical (unpaired) electrons. The van der Waals surface area contributed by atoms with Crippen LogP contribution in [0.4, 0.5) is 5.69 Å². The van der Waals surface area contributed by atoms with Gasteiger partial charge < -0.3 is 14.4 Å². The van der Waals surface area contributed by atoms with Gasteiger partial charge in [0.2, 0.25) is 0 Å². The summed E-state index contributed by atoms with van der Waals surface area (Å²) >= 11 is 0. The average Bonchev–Trinajstić information content (AvgIpc) is 3.02. The molecule has 0 bridgehead atoms. The first-order chi connectivity index (χ1) is 10.4. The Kier molecular flexibility index (Phi) is 4.33. The van der Waals surface area contributed by atoms with E-state index in [-0.39, 0.29) is 22.7 Å². The standard InChI is InChI=1S/C14H12N2O6/c1-8(14(18)21-2)13(17)12-7-11(15-22-12)9-4-3-5-10(6-9)16(19)20/h3-7,13,17H,1H2,2H3. The Bertz CT molecular complexity index is 736. The lowest BCUT2D eigenvalue weighted by Gasteiger charge is -2.07. The molecule has 2 rings (SSSR count). The van der Waals surface area contributed by atoms with Gasteiger partial charge in [0.25, 0.3) is 5.69 Å². The monoisotopic (exact) mass is 304 g/mol. The molecular formula is C14H12N2O6. The summed E-state index contributed by atoms with van der Waals surface area (Å²) in [6.45, 7) is 3.42. The van der Waals surface area contributed by atoms with Gasteiger partial charge in [0, 0.05) is 23.8 Å². The highest BCUT2D eigenvalue weighted by Gasteiger charge is 2.23. The van der Waals surface area contributed by atoms with Crippen molar-refractivity contribution in [2.75, 3.05) is 7.11 Å². The number of esters is 1. The van der Waals surface area contributed by atoms with Gasteiger partial charge >= 0.3 is 5.97 Å². The highest BCUT2D eigenvalue weighted by Crippen LogP contribution is 2.28. The molecule has 1 atom stereocenters. The molecule has 0 spiro atoms. The molecule has 22 heavy (non-hydrogen) atoms. The molecule has 0 aliphatic rings. The van der Waals surface area contributed by atoms with Crippen molar-refractivity contribution < 1.29 is 24.1 Å². The van der Waals surface area contributed by atoms with Gasteiger partial charge in [0.1, 0.15) is 11.8 Å². The van der Waals surface area contributed by atoms with Gasteiger partial charge in [-0.15, -0.1) is 0 Å². The van der Waals surface area contributed by atoms with Crippen molar-refractivity contribution in [1.82, 2.24) is 5.16 Å². The van der Waals surface area contributed by atoms with Crippen molar-refractivity contribution in [3.05, 3.63) is 58.4 Å². The smallest absolute Gasteiger partial charge is 0.336 e. The summed E-state index contributed by atoms with van der Waals surface area (Å²) in [6, 6.07) is 7.15. The van der Waals surface area contributed by atoms with Crippen molar-refractivity contribution in [3.8, 4) is 11.3 Å². The summed E-state index contributed by atoms with van der Waals surface area (Å²) in [5.74, 6) is -0.794. The van der Waals surface area contributed by atoms with E-state index in [1.807, 2.05) is 0 Å². The number of nitro groups is 1. The Balaban J connectivity index is 2.28. The highest BCUT2D eigenvalue weighted by atomic mass is 16.6. The second-order valence-corrected chi connectivity index (χ2v) is 4.34. The molecule has 2 aromatic rings. The lowest BCUT2D eigenvalue weighted by atomic mass is 10.1. The minimum absolute atomic E-state index is 0.0168. The minimum Gasteiger partial charge on any atom is -0.466 e. The van der Waals surface area contributed by atoms with E-state index in [4.69, 9.17) is 4.52 Å². The fraction of sp³-hybridized carbons (Fsp3) is 0.143. The number of carbonyl (C=O) groups is 1. The van der Waals surface area contributed by atoms with Gasteiger partial charge in [-0.25, -0.2) is 4.79 Å². The summed E-state index contributed by atoms with van der Waals surface area (Å²) in [6.07, 6.45) is -1.41.